The van der Waals surface area contributed by atoms with Crippen LogP contribution in [0.25, 0.3) is 0 Å². The van der Waals surface area contributed by atoms with Crippen molar-refractivity contribution in [3.05, 3.63) is 65.7 Å². The van der Waals surface area contributed by atoms with Crippen LogP contribution < -0.4 is 10.1 Å². The van der Waals surface area contributed by atoms with Gasteiger partial charge in [0.05, 0.1) is 13.2 Å². The maximum Gasteiger partial charge on any atom is 0.223 e. The molecular formula is C32H42ClN3O3. The number of methoxy groups -OCH3 is 1. The number of nitrogens with zero attached hydrogens (tertiary/aromatic N) is 2. The van der Waals surface area contributed by atoms with E-state index in [0.29, 0.717) is 36.5 Å². The van der Waals surface area contributed by atoms with E-state index in [4.69, 9.17) is 4.74 Å². The molecule has 2 aromatic rings. The molecule has 6 nitrogen and oxygen atoms in total. The maximum absolute atomic E-state index is 13.8. The number of hydrogen-bond acceptors (Lipinski definition) is 5. The Hall–Kier alpha value is -2.41. The smallest absolute Gasteiger partial charge is 0.223 e. The van der Waals surface area contributed by atoms with Crippen LogP contribution in [0.1, 0.15) is 55.6 Å². The number of ketones is 1. The second-order valence-electron chi connectivity index (χ2n) is 12.2. The minimum absolute atomic E-state index is 0. The first-order valence-electron chi connectivity index (χ1n) is 14.5. The van der Waals surface area contributed by atoms with Crippen molar-refractivity contribution in [3.63, 3.8) is 0 Å². The summed E-state index contributed by atoms with van der Waals surface area (Å²) in [7, 11) is 1.67. The Balaban J connectivity index is 0.00000308. The first-order valence-corrected chi connectivity index (χ1v) is 14.5. The molecule has 4 fully saturated rings. The first kappa shape index (κ1) is 28.1. The maximum atomic E-state index is 13.8. The van der Waals surface area contributed by atoms with E-state index in [1.54, 1.807) is 7.11 Å². The zero-order valence-electron chi connectivity index (χ0n) is 23.0. The Kier molecular flexibility index (Phi) is 8.65. The lowest BCUT2D eigenvalue weighted by Crippen LogP contribution is -2.53. The van der Waals surface area contributed by atoms with Crippen LogP contribution in [0.4, 0.5) is 0 Å². The largest absolute Gasteiger partial charge is 0.497 e. The molecule has 1 unspecified atom stereocenters. The van der Waals surface area contributed by atoms with Crippen molar-refractivity contribution in [1.29, 1.82) is 0 Å². The zero-order chi connectivity index (χ0) is 26.1. The van der Waals surface area contributed by atoms with Crippen molar-refractivity contribution in [2.45, 2.75) is 57.0 Å². The van der Waals surface area contributed by atoms with Crippen molar-refractivity contribution in [1.82, 2.24) is 15.1 Å². The van der Waals surface area contributed by atoms with Crippen LogP contribution in [0.3, 0.4) is 0 Å². The topological polar surface area (TPSA) is 61.9 Å². The standard InChI is InChI=1S/C32H41N3O3.ClH/c1-38-26-11-9-24(10-12-26)21-35-22-32(18-30(35)37)13-15-34(16-14-32)31(29(36)17-23-7-8-23)28-20-33-19-27(28)25-5-3-2-4-6-25;/h2-6,9-12,23,27-28,31,33H,7-8,13-22H2,1H3;1H/t27-,28-,31?;/m1./s1. The minimum atomic E-state index is -0.0272. The Morgan fingerprint density at radius 1 is 1.05 bits per heavy atom. The highest BCUT2D eigenvalue weighted by molar-refractivity contribution is 5.85. The van der Waals surface area contributed by atoms with E-state index in [-0.39, 0.29) is 29.8 Å². The molecule has 1 aliphatic carbocycles. The Bertz CT molecular complexity index is 1130. The molecule has 1 saturated carbocycles. The van der Waals surface area contributed by atoms with E-state index in [1.807, 2.05) is 17.0 Å². The predicted molar refractivity (Wildman–Crippen MR) is 155 cm³/mol. The summed E-state index contributed by atoms with van der Waals surface area (Å²) in [5, 5.41) is 3.62. The van der Waals surface area contributed by atoms with Gasteiger partial charge >= 0.3 is 0 Å². The van der Waals surface area contributed by atoms with Crippen molar-refractivity contribution < 1.29 is 14.3 Å². The highest BCUT2D eigenvalue weighted by Crippen LogP contribution is 2.44. The van der Waals surface area contributed by atoms with Gasteiger partial charge in [-0.2, -0.15) is 0 Å². The van der Waals surface area contributed by atoms with Crippen LogP contribution in [0.2, 0.25) is 0 Å². The van der Waals surface area contributed by atoms with Crippen molar-refractivity contribution in [3.8, 4) is 5.75 Å². The van der Waals surface area contributed by atoms with Gasteiger partial charge in [-0.1, -0.05) is 42.5 Å². The summed E-state index contributed by atoms with van der Waals surface area (Å²) in [5.41, 5.74) is 2.52. The van der Waals surface area contributed by atoms with Crippen LogP contribution in [-0.2, 0) is 16.1 Å². The van der Waals surface area contributed by atoms with Crippen LogP contribution in [0.15, 0.2) is 54.6 Å². The van der Waals surface area contributed by atoms with Gasteiger partial charge in [0, 0.05) is 50.9 Å². The number of piperidine rings is 1. The fourth-order valence-corrected chi connectivity index (χ4v) is 7.22. The molecule has 0 aromatic heterocycles. The summed E-state index contributed by atoms with van der Waals surface area (Å²) in [6, 6.07) is 18.7. The summed E-state index contributed by atoms with van der Waals surface area (Å²) in [6.07, 6.45) is 5.76. The molecule has 7 heteroatoms. The molecule has 0 bridgehead atoms. The molecule has 0 radical (unpaired) electrons. The summed E-state index contributed by atoms with van der Waals surface area (Å²) < 4.78 is 5.28. The number of hydrogen-bond donors (Lipinski definition) is 1. The average Bonchev–Trinajstić information content (AvgIpc) is 3.53. The van der Waals surface area contributed by atoms with E-state index in [9.17, 15) is 9.59 Å². The lowest BCUT2D eigenvalue weighted by Gasteiger charge is -2.44. The van der Waals surface area contributed by atoms with Gasteiger partial charge < -0.3 is 15.0 Å². The van der Waals surface area contributed by atoms with E-state index < -0.39 is 0 Å². The molecule has 1 spiro atoms. The minimum Gasteiger partial charge on any atom is -0.497 e. The van der Waals surface area contributed by atoms with Gasteiger partial charge in [-0.05, 0) is 73.4 Å². The lowest BCUT2D eigenvalue weighted by molar-refractivity contribution is -0.129. The normalized spacial score (nSPS) is 25.5. The van der Waals surface area contributed by atoms with Crippen LogP contribution >= 0.6 is 12.4 Å². The van der Waals surface area contributed by atoms with Crippen molar-refractivity contribution in [2.75, 3.05) is 39.8 Å². The molecule has 210 valence electrons. The molecule has 6 rings (SSSR count). The van der Waals surface area contributed by atoms with Crippen LogP contribution in [0, 0.1) is 17.3 Å². The molecule has 4 aliphatic rings. The first-order chi connectivity index (χ1) is 18.5. The van der Waals surface area contributed by atoms with Crippen LogP contribution in [0.5, 0.6) is 5.75 Å². The summed E-state index contributed by atoms with van der Waals surface area (Å²) >= 11 is 0. The number of likely N-dealkylation sites (tertiary alicyclic amines) is 2. The third kappa shape index (κ3) is 6.18. The van der Waals surface area contributed by atoms with Gasteiger partial charge in [-0.25, -0.2) is 0 Å². The van der Waals surface area contributed by atoms with E-state index in [2.05, 4.69) is 52.7 Å². The summed E-state index contributed by atoms with van der Waals surface area (Å²) in [5.74, 6) is 2.82. The van der Waals surface area contributed by atoms with E-state index >= 15 is 0 Å². The fourth-order valence-electron chi connectivity index (χ4n) is 7.22. The number of Topliss-reactive ketones (excluding diaryl/α,β-unsaturated/α-hetero) is 1. The van der Waals surface area contributed by atoms with E-state index in [1.165, 1.54) is 18.4 Å². The third-order valence-electron chi connectivity index (χ3n) is 9.60. The van der Waals surface area contributed by atoms with Crippen LogP contribution in [-0.4, -0.2) is 67.4 Å². The number of nitrogens with one attached hydrogen (secondary N) is 1. The van der Waals surface area contributed by atoms with Gasteiger partial charge in [0.1, 0.15) is 5.75 Å². The monoisotopic (exact) mass is 551 g/mol. The zero-order valence-corrected chi connectivity index (χ0v) is 23.8. The second-order valence-corrected chi connectivity index (χ2v) is 12.2. The number of ether oxygens (including phenoxy) is 1. The number of carbonyl (C=O) groups excluding carboxylic acids is 2. The summed E-state index contributed by atoms with van der Waals surface area (Å²) in [4.78, 5) is 31.4. The van der Waals surface area contributed by atoms with Gasteiger partial charge in [0.15, 0.2) is 5.78 Å². The third-order valence-corrected chi connectivity index (χ3v) is 9.60. The van der Waals surface area contributed by atoms with Gasteiger partial charge in [0.25, 0.3) is 0 Å². The van der Waals surface area contributed by atoms with Gasteiger partial charge in [-0.3, -0.25) is 14.5 Å². The number of rotatable bonds is 9. The van der Waals surface area contributed by atoms with Crippen molar-refractivity contribution in [2.24, 2.45) is 17.3 Å². The number of amides is 1. The quantitative estimate of drug-likeness (QED) is 0.490. The second kappa shape index (κ2) is 12.0. The Labute approximate surface area is 238 Å². The van der Waals surface area contributed by atoms with Gasteiger partial charge in [0.2, 0.25) is 5.91 Å². The number of benzene rings is 2. The SMILES string of the molecule is COc1ccc(CN2CC3(CCN(C(C(=O)CC4CC4)[C@@H]4CNC[C@@H]4c4ccccc4)CC3)CC2=O)cc1.Cl. The summed E-state index contributed by atoms with van der Waals surface area (Å²) in [6.45, 7) is 5.13. The molecular weight excluding hydrogens is 510 g/mol. The molecule has 3 aliphatic heterocycles. The predicted octanol–water partition coefficient (Wildman–Crippen LogP) is 4.67. The number of halogens is 1. The number of carbonyl (C=O) groups is 2. The molecule has 1 N–H and O–H groups in total. The molecule has 39 heavy (non-hydrogen) atoms. The fraction of sp³-hybridized carbons (Fsp3) is 0.562. The highest BCUT2D eigenvalue weighted by Gasteiger charge is 2.48. The average molecular weight is 552 g/mol. The Morgan fingerprint density at radius 3 is 2.44 bits per heavy atom. The van der Waals surface area contributed by atoms with E-state index in [0.717, 1.165) is 63.3 Å². The molecule has 1 amide bonds. The molecule has 3 atom stereocenters. The Morgan fingerprint density at radius 2 is 1.77 bits per heavy atom. The van der Waals surface area contributed by atoms with Crippen molar-refractivity contribution >= 4 is 24.1 Å². The highest BCUT2D eigenvalue weighted by atomic mass is 35.5. The van der Waals surface area contributed by atoms with Gasteiger partial charge in [-0.15, -0.1) is 12.4 Å². The molecule has 3 saturated heterocycles. The molecule has 3 heterocycles. The molecule has 2 aromatic carbocycles. The lowest BCUT2D eigenvalue weighted by atomic mass is 9.75.